The highest BCUT2D eigenvalue weighted by Crippen LogP contribution is 2.53. The van der Waals surface area contributed by atoms with Gasteiger partial charge in [-0.3, -0.25) is 19.3 Å². The number of aliphatic hydroxyl groups is 3. The van der Waals surface area contributed by atoms with E-state index >= 15 is 0 Å². The molecule has 0 radical (unpaired) electrons. The number of carbonyl (C=O) groups excluding carboxylic acids is 3. The minimum Gasteiger partial charge on any atom is -0.508 e. The number of hydrogen-bond donors (Lipinski definition) is 6. The van der Waals surface area contributed by atoms with E-state index in [1.54, 1.807) is 20.2 Å². The van der Waals surface area contributed by atoms with E-state index in [-0.39, 0.29) is 29.7 Å². The first-order valence-electron chi connectivity index (χ1n) is 13.3. The fraction of sp³-hybridized carbons (Fsp3) is 0.414. The third kappa shape index (κ3) is 3.72. The summed E-state index contributed by atoms with van der Waals surface area (Å²) in [5.74, 6) is -5.52. The molecule has 1 aromatic heterocycles. The number of hydrogen-bond acceptors (Lipinski definition) is 10. The summed E-state index contributed by atoms with van der Waals surface area (Å²) in [5.41, 5.74) is 2.89. The minimum atomic E-state index is -2.66. The summed E-state index contributed by atoms with van der Waals surface area (Å²) >= 11 is 0. The third-order valence-corrected chi connectivity index (χ3v) is 8.67. The van der Waals surface area contributed by atoms with E-state index in [1.807, 2.05) is 12.1 Å². The third-order valence-electron chi connectivity index (χ3n) is 8.67. The Labute approximate surface area is 229 Å². The van der Waals surface area contributed by atoms with Crippen molar-refractivity contribution < 1.29 is 39.2 Å². The van der Waals surface area contributed by atoms with Crippen LogP contribution in [-0.2, 0) is 27.3 Å². The van der Waals surface area contributed by atoms with Crippen molar-refractivity contribution in [3.05, 3.63) is 58.1 Å². The predicted octanol–water partition coefficient (Wildman–Crippen LogP) is 1.48. The van der Waals surface area contributed by atoms with Gasteiger partial charge in [0, 0.05) is 23.1 Å². The summed E-state index contributed by atoms with van der Waals surface area (Å²) in [6, 6.07) is 6.12. The van der Waals surface area contributed by atoms with Crippen LogP contribution in [-0.4, -0.2) is 74.6 Å². The molecular weight excluding hydrogens is 518 g/mol. The zero-order valence-corrected chi connectivity index (χ0v) is 22.1. The zero-order valence-electron chi connectivity index (χ0n) is 22.1. The van der Waals surface area contributed by atoms with Crippen molar-refractivity contribution in [1.82, 2.24) is 10.2 Å². The van der Waals surface area contributed by atoms with Crippen molar-refractivity contribution in [1.29, 1.82) is 0 Å². The lowest BCUT2D eigenvalue weighted by Crippen LogP contribution is -2.65. The summed E-state index contributed by atoms with van der Waals surface area (Å²) in [6.07, 6.45) is 2.49. The minimum absolute atomic E-state index is 0.0234. The molecule has 6 rings (SSSR count). The molecule has 1 amide bonds. The first kappa shape index (κ1) is 26.3. The zero-order chi connectivity index (χ0) is 28.7. The lowest BCUT2D eigenvalue weighted by Gasteiger charge is -2.50. The fourth-order valence-electron chi connectivity index (χ4n) is 6.62. The number of phenols is 1. The Morgan fingerprint density at radius 2 is 1.88 bits per heavy atom. The van der Waals surface area contributed by atoms with Gasteiger partial charge in [-0.1, -0.05) is 0 Å². The van der Waals surface area contributed by atoms with Gasteiger partial charge < -0.3 is 35.9 Å². The number of nitrogens with zero attached hydrogens (tertiary/aromatic N) is 1. The van der Waals surface area contributed by atoms with Gasteiger partial charge in [0.15, 0.2) is 11.4 Å². The van der Waals surface area contributed by atoms with Crippen molar-refractivity contribution in [3.63, 3.8) is 0 Å². The van der Waals surface area contributed by atoms with E-state index in [9.17, 15) is 34.8 Å². The number of carbonyl (C=O) groups is 3. The Balaban J connectivity index is 1.47. The van der Waals surface area contributed by atoms with Gasteiger partial charge in [0.05, 0.1) is 18.2 Å². The van der Waals surface area contributed by atoms with Gasteiger partial charge in [-0.25, -0.2) is 0 Å². The molecule has 0 saturated heterocycles. The van der Waals surface area contributed by atoms with Crippen LogP contribution in [0.4, 0.5) is 0 Å². The Hall–Kier alpha value is -3.93. The van der Waals surface area contributed by atoms with Crippen molar-refractivity contribution >= 4 is 23.2 Å². The molecule has 4 aliphatic rings. The topological polar surface area (TPSA) is 187 Å². The number of aromatic hydroxyl groups is 1. The number of rotatable bonds is 6. The maximum absolute atomic E-state index is 13.9. The molecule has 4 atom stereocenters. The van der Waals surface area contributed by atoms with E-state index < -0.39 is 58.0 Å². The maximum atomic E-state index is 13.9. The molecule has 0 spiro atoms. The first-order valence-corrected chi connectivity index (χ1v) is 13.3. The second kappa shape index (κ2) is 9.05. The van der Waals surface area contributed by atoms with Crippen LogP contribution in [0.5, 0.6) is 5.75 Å². The average molecular weight is 550 g/mol. The molecule has 40 heavy (non-hydrogen) atoms. The van der Waals surface area contributed by atoms with Crippen molar-refractivity contribution in [3.8, 4) is 17.1 Å². The number of fused-ring (bicyclic) bond motifs is 3. The number of benzene rings is 1. The lowest BCUT2D eigenvalue weighted by molar-refractivity contribution is -0.153. The molecule has 0 bridgehead atoms. The van der Waals surface area contributed by atoms with E-state index in [0.29, 0.717) is 29.5 Å². The van der Waals surface area contributed by atoms with Crippen LogP contribution in [0.3, 0.4) is 0 Å². The summed E-state index contributed by atoms with van der Waals surface area (Å²) in [7, 11) is 3.13. The highest BCUT2D eigenvalue weighted by atomic mass is 16.4. The number of nitrogens with one attached hydrogen (secondary N) is 1. The van der Waals surface area contributed by atoms with Crippen LogP contribution in [0.15, 0.2) is 45.6 Å². The van der Waals surface area contributed by atoms with Crippen LogP contribution < -0.4 is 11.1 Å². The molecule has 0 unspecified atom stereocenters. The summed E-state index contributed by atoms with van der Waals surface area (Å²) < 4.78 is 6.08. The number of aliphatic hydroxyl groups excluding tert-OH is 2. The monoisotopic (exact) mass is 549 g/mol. The molecule has 2 saturated carbocycles. The van der Waals surface area contributed by atoms with Crippen molar-refractivity contribution in [2.75, 3.05) is 14.1 Å². The molecular formula is C29H31N3O8. The number of likely N-dealkylation sites (N-methyl/N-ethyl adjacent to an activating group) is 1. The van der Waals surface area contributed by atoms with Gasteiger partial charge >= 0.3 is 0 Å². The highest BCUT2D eigenvalue weighted by Gasteiger charge is 2.64. The van der Waals surface area contributed by atoms with Gasteiger partial charge in [-0.2, -0.15) is 0 Å². The van der Waals surface area contributed by atoms with Gasteiger partial charge in [0.25, 0.3) is 5.91 Å². The normalized spacial score (nSPS) is 28.1. The molecule has 1 heterocycles. The number of ketones is 2. The quantitative estimate of drug-likeness (QED) is 0.288. The largest absolute Gasteiger partial charge is 0.508 e. The average Bonchev–Trinajstić information content (AvgIpc) is 3.60. The van der Waals surface area contributed by atoms with Crippen molar-refractivity contribution in [2.45, 2.75) is 49.9 Å². The van der Waals surface area contributed by atoms with Gasteiger partial charge in [0.2, 0.25) is 5.78 Å². The fourth-order valence-corrected chi connectivity index (χ4v) is 6.62. The molecule has 7 N–H and O–H groups in total. The number of nitrogens with two attached hydrogens (primary N) is 1. The Bertz CT molecular complexity index is 1530. The van der Waals surface area contributed by atoms with Gasteiger partial charge in [-0.05, 0) is 75.5 Å². The molecule has 11 heteroatoms. The number of amides is 1. The Morgan fingerprint density at radius 1 is 1.15 bits per heavy atom. The molecule has 2 aromatic rings. The number of primary amides is 1. The predicted molar refractivity (Wildman–Crippen MR) is 142 cm³/mol. The van der Waals surface area contributed by atoms with Crippen LogP contribution >= 0.6 is 0 Å². The summed E-state index contributed by atoms with van der Waals surface area (Å²) in [5, 5.41) is 48.2. The standard InChI is InChI=1S/C29H31N3O8/c1-32(2)23-17-10-12-9-16-15(19-8-5-14(40-19)11-31-13-3-4-13)6-7-18(33)21(16)24(34)20(12)26(36)29(17,39)27(37)22(25(23)35)28(30)38/h5-8,12-13,17,23,31,33-34,37,39H,3-4,9-11H2,1-2H3,(H2,30,38)/t12-,17-,23-,29-/m0/s1. The molecule has 11 nitrogen and oxygen atoms in total. The molecule has 2 fully saturated rings. The number of Topliss-reactive ketones (excluding diaryl/α,β-unsaturated/α-hetero) is 2. The first-order chi connectivity index (χ1) is 18.9. The Kier molecular flexibility index (Phi) is 5.95. The van der Waals surface area contributed by atoms with E-state index in [1.165, 1.54) is 11.0 Å². The van der Waals surface area contributed by atoms with Gasteiger partial charge in [-0.15, -0.1) is 0 Å². The SMILES string of the molecule is CN(C)[C@@H]1C(=O)C(C(N)=O)=C(O)[C@@]2(O)C(=O)C3=C(O)c4c(O)ccc(-c5ccc(CNC6CC6)o5)c4C[C@H]3C[C@@H]12. The lowest BCUT2D eigenvalue weighted by atomic mass is 9.57. The number of furan rings is 1. The summed E-state index contributed by atoms with van der Waals surface area (Å²) in [4.78, 5) is 40.8. The van der Waals surface area contributed by atoms with Crippen LogP contribution in [0.25, 0.3) is 17.1 Å². The molecule has 1 aromatic carbocycles. The maximum Gasteiger partial charge on any atom is 0.255 e. The second-order valence-corrected chi connectivity index (χ2v) is 11.4. The van der Waals surface area contributed by atoms with Crippen LogP contribution in [0, 0.1) is 11.8 Å². The van der Waals surface area contributed by atoms with Crippen molar-refractivity contribution in [2.24, 2.45) is 17.6 Å². The van der Waals surface area contributed by atoms with E-state index in [0.717, 1.165) is 18.6 Å². The molecule has 0 aliphatic heterocycles. The highest BCUT2D eigenvalue weighted by molar-refractivity contribution is 6.24. The van der Waals surface area contributed by atoms with Crippen LogP contribution in [0.2, 0.25) is 0 Å². The van der Waals surface area contributed by atoms with Gasteiger partial charge in [0.1, 0.15) is 34.4 Å². The number of phenolic OH excluding ortho intramolecular Hbond substituents is 1. The molecule has 210 valence electrons. The summed E-state index contributed by atoms with van der Waals surface area (Å²) in [6.45, 7) is 0.571. The smallest absolute Gasteiger partial charge is 0.255 e. The van der Waals surface area contributed by atoms with E-state index in [2.05, 4.69) is 5.32 Å². The molecule has 4 aliphatic carbocycles. The second-order valence-electron chi connectivity index (χ2n) is 11.4. The van der Waals surface area contributed by atoms with Crippen LogP contribution in [0.1, 0.15) is 36.1 Å². The van der Waals surface area contributed by atoms with E-state index in [4.69, 9.17) is 10.2 Å². The Morgan fingerprint density at radius 3 is 2.52 bits per heavy atom.